The summed E-state index contributed by atoms with van der Waals surface area (Å²) in [5, 5.41) is 5.73. The Bertz CT molecular complexity index is 958. The monoisotopic (exact) mass is 412 g/mol. The van der Waals surface area contributed by atoms with Gasteiger partial charge in [-0.3, -0.25) is 0 Å². The summed E-state index contributed by atoms with van der Waals surface area (Å²) in [4.78, 5) is 7.82. The van der Waals surface area contributed by atoms with Crippen molar-refractivity contribution < 1.29 is 21.7 Å². The minimum atomic E-state index is 0. The zero-order valence-electron chi connectivity index (χ0n) is 13.9. The first-order valence-corrected chi connectivity index (χ1v) is 8.61. The third-order valence-corrected chi connectivity index (χ3v) is 4.98. The second-order valence-corrected chi connectivity index (χ2v) is 6.77. The van der Waals surface area contributed by atoms with Crippen LogP contribution >= 0.6 is 11.3 Å². The van der Waals surface area contributed by atoms with Crippen LogP contribution in [0.3, 0.4) is 0 Å². The van der Waals surface area contributed by atoms with Gasteiger partial charge in [0, 0.05) is 10.4 Å². The lowest BCUT2D eigenvalue weighted by molar-refractivity contribution is -0.679. The molecule has 0 amide bonds. The van der Waals surface area contributed by atoms with E-state index in [4.69, 9.17) is 10.1 Å². The van der Waals surface area contributed by atoms with E-state index >= 15 is 0 Å². The largest absolute Gasteiger partial charge is 1.00 e. The average Bonchev–Trinajstić information content (AvgIpc) is 3.21. The smallest absolute Gasteiger partial charge is 0.343 e. The van der Waals surface area contributed by atoms with E-state index in [-0.39, 0.29) is 17.0 Å². The summed E-state index contributed by atoms with van der Waals surface area (Å²) < 4.78 is 2.02. The van der Waals surface area contributed by atoms with Gasteiger partial charge < -0.3 is 17.0 Å². The van der Waals surface area contributed by atoms with Crippen LogP contribution in [0.25, 0.3) is 22.1 Å². The number of hydrogen-bond donors (Lipinski definition) is 0. The number of nitrogens with zero attached hydrogens (tertiary/aromatic N) is 4. The molecule has 0 aliphatic heterocycles. The summed E-state index contributed by atoms with van der Waals surface area (Å²) in [6.45, 7) is 4.13. The molecule has 0 unspecified atom stereocenters. The molecule has 25 heavy (non-hydrogen) atoms. The van der Waals surface area contributed by atoms with Crippen LogP contribution in [0.1, 0.15) is 10.6 Å². The van der Waals surface area contributed by atoms with E-state index in [9.17, 15) is 0 Å². The average molecular weight is 413 g/mol. The van der Waals surface area contributed by atoms with Crippen molar-refractivity contribution in [1.82, 2.24) is 14.9 Å². The van der Waals surface area contributed by atoms with E-state index in [1.54, 1.807) is 11.3 Å². The number of hydrogen-bond acceptors (Lipinski definition) is 3. The Morgan fingerprint density at radius 3 is 2.16 bits per heavy atom. The fourth-order valence-electron chi connectivity index (χ4n) is 2.52. The Hall–Kier alpha value is -2.31. The first-order valence-electron chi connectivity index (χ1n) is 7.79. The molecular formula is C19H17BrN4S. The van der Waals surface area contributed by atoms with E-state index in [1.165, 1.54) is 4.88 Å². The van der Waals surface area contributed by atoms with E-state index < -0.39 is 0 Å². The number of aromatic nitrogens is 4. The molecule has 0 saturated heterocycles. The van der Waals surface area contributed by atoms with Crippen LogP contribution in [0.5, 0.6) is 0 Å². The van der Waals surface area contributed by atoms with Gasteiger partial charge in [0.1, 0.15) is 17.6 Å². The summed E-state index contributed by atoms with van der Waals surface area (Å²) in [5.41, 5.74) is 4.07. The Morgan fingerprint density at radius 1 is 0.920 bits per heavy atom. The van der Waals surface area contributed by atoms with Gasteiger partial charge in [0.05, 0.1) is 0 Å². The molecule has 4 rings (SSSR count). The maximum Gasteiger partial charge on any atom is 0.343 e. The molecule has 0 bridgehead atoms. The molecule has 4 aromatic rings. The van der Waals surface area contributed by atoms with E-state index in [0.29, 0.717) is 0 Å². The standard InChI is InChI=1S/C19H17N4S.BrH/c1-14-15(2)24-19(20-14)22-13-18(16-9-5-3-6-10-16)21-23(22)17-11-7-4-8-12-17;/h3-13H,1-2H3;1H/q+1;/p-1. The van der Waals surface area contributed by atoms with Gasteiger partial charge in [-0.1, -0.05) is 69.6 Å². The highest BCUT2D eigenvalue weighted by Gasteiger charge is 2.22. The Labute approximate surface area is 161 Å². The molecule has 4 nitrogen and oxygen atoms in total. The van der Waals surface area contributed by atoms with Gasteiger partial charge in [0.15, 0.2) is 0 Å². The van der Waals surface area contributed by atoms with Crippen molar-refractivity contribution >= 4 is 11.3 Å². The van der Waals surface area contributed by atoms with Crippen molar-refractivity contribution in [2.45, 2.75) is 13.8 Å². The molecule has 0 aliphatic carbocycles. The lowest BCUT2D eigenvalue weighted by atomic mass is 10.2. The summed E-state index contributed by atoms with van der Waals surface area (Å²) in [7, 11) is 0. The van der Waals surface area contributed by atoms with E-state index in [2.05, 4.69) is 19.1 Å². The van der Waals surface area contributed by atoms with Gasteiger partial charge in [-0.2, -0.15) is 0 Å². The van der Waals surface area contributed by atoms with E-state index in [1.807, 2.05) is 71.1 Å². The van der Waals surface area contributed by atoms with Crippen LogP contribution in [-0.2, 0) is 0 Å². The first-order chi connectivity index (χ1) is 11.7. The Balaban J connectivity index is 0.00000182. The fourth-order valence-corrected chi connectivity index (χ4v) is 3.39. The van der Waals surface area contributed by atoms with Gasteiger partial charge in [-0.05, 0) is 31.1 Å². The topological polar surface area (TPSA) is 34.6 Å². The van der Waals surface area contributed by atoms with Crippen molar-refractivity contribution in [2.75, 3.05) is 0 Å². The number of aryl methyl sites for hydroxylation is 2. The van der Waals surface area contributed by atoms with Gasteiger partial charge in [-0.15, -0.1) is 4.68 Å². The lowest BCUT2D eigenvalue weighted by Crippen LogP contribution is -3.00. The van der Waals surface area contributed by atoms with Gasteiger partial charge in [0.25, 0.3) is 0 Å². The van der Waals surface area contributed by atoms with Crippen molar-refractivity contribution in [3.05, 3.63) is 77.4 Å². The second-order valence-electron chi connectivity index (χ2n) is 5.59. The molecule has 2 aromatic carbocycles. The summed E-state index contributed by atoms with van der Waals surface area (Å²) in [5.74, 6) is 0. The molecule has 126 valence electrons. The Kier molecular flexibility index (Phi) is 5.11. The van der Waals surface area contributed by atoms with E-state index in [0.717, 1.165) is 27.8 Å². The third-order valence-electron chi connectivity index (χ3n) is 3.92. The summed E-state index contributed by atoms with van der Waals surface area (Å²) in [6, 6.07) is 20.3. The molecule has 0 fully saturated rings. The molecule has 0 radical (unpaired) electrons. The predicted octanol–water partition coefficient (Wildman–Crippen LogP) is 0.893. The highest BCUT2D eigenvalue weighted by Crippen LogP contribution is 2.20. The SMILES string of the molecule is Cc1nc(-[n+]2cc(-c3ccccc3)nn2-c2ccccc2)sc1C.[Br-]. The third kappa shape index (κ3) is 3.41. The van der Waals surface area contributed by atoms with Crippen LogP contribution in [0, 0.1) is 13.8 Å². The zero-order valence-corrected chi connectivity index (χ0v) is 16.3. The molecule has 0 spiro atoms. The maximum absolute atomic E-state index is 4.81. The van der Waals surface area contributed by atoms with Gasteiger partial charge >= 0.3 is 5.13 Å². The number of rotatable bonds is 3. The molecule has 6 heteroatoms. The highest BCUT2D eigenvalue weighted by atomic mass is 79.9. The van der Waals surface area contributed by atoms with Gasteiger partial charge in [0.2, 0.25) is 5.69 Å². The van der Waals surface area contributed by atoms with Crippen LogP contribution in [-0.4, -0.2) is 14.9 Å². The van der Waals surface area contributed by atoms with Gasteiger partial charge in [-0.25, -0.2) is 0 Å². The zero-order chi connectivity index (χ0) is 16.5. The lowest BCUT2D eigenvalue weighted by Gasteiger charge is -1.99. The number of para-hydroxylation sites is 1. The van der Waals surface area contributed by atoms with Crippen molar-refractivity contribution in [1.29, 1.82) is 0 Å². The molecular weight excluding hydrogens is 396 g/mol. The molecule has 2 aromatic heterocycles. The molecule has 2 heterocycles. The number of halogens is 1. The molecule has 0 aliphatic rings. The van der Waals surface area contributed by atoms with Crippen molar-refractivity contribution in [3.63, 3.8) is 0 Å². The minimum absolute atomic E-state index is 0. The van der Waals surface area contributed by atoms with Crippen LogP contribution < -0.4 is 21.7 Å². The molecule has 0 N–H and O–H groups in total. The quantitative estimate of drug-likeness (QED) is 0.468. The number of thiazole rings is 1. The predicted molar refractivity (Wildman–Crippen MR) is 95.7 cm³/mol. The minimum Gasteiger partial charge on any atom is -1.00 e. The normalized spacial score (nSPS) is 10.5. The fraction of sp³-hybridized carbons (Fsp3) is 0.105. The van der Waals surface area contributed by atoms with Crippen molar-refractivity contribution in [2.24, 2.45) is 0 Å². The molecule has 0 saturated carbocycles. The van der Waals surface area contributed by atoms with Crippen LogP contribution in [0.15, 0.2) is 66.9 Å². The first kappa shape index (κ1) is 17.5. The summed E-state index contributed by atoms with van der Waals surface area (Å²) >= 11 is 1.68. The molecule has 0 atom stereocenters. The summed E-state index contributed by atoms with van der Waals surface area (Å²) in [6.07, 6.45) is 2.04. The second kappa shape index (κ2) is 7.29. The maximum atomic E-state index is 4.81. The van der Waals surface area contributed by atoms with Crippen molar-refractivity contribution in [3.8, 4) is 22.1 Å². The van der Waals surface area contributed by atoms with Crippen LogP contribution in [0.4, 0.5) is 0 Å². The number of benzene rings is 2. The highest BCUT2D eigenvalue weighted by molar-refractivity contribution is 7.13. The van der Waals surface area contributed by atoms with Crippen LogP contribution in [0.2, 0.25) is 0 Å². The Morgan fingerprint density at radius 2 is 1.56 bits per heavy atom.